The van der Waals surface area contributed by atoms with Crippen LogP contribution in [0, 0.1) is 11.6 Å². The van der Waals surface area contributed by atoms with Crippen molar-refractivity contribution in [3.05, 3.63) is 80.5 Å². The highest BCUT2D eigenvalue weighted by molar-refractivity contribution is 5.79. The molecule has 0 fully saturated rings. The van der Waals surface area contributed by atoms with Crippen LogP contribution in [0.15, 0.2) is 52.1 Å². The third-order valence-electron chi connectivity index (χ3n) is 4.00. The molecule has 1 heterocycles. The second kappa shape index (κ2) is 6.91. The molecule has 0 saturated carbocycles. The molecular formula is C18H15F2N3O3. The second-order valence-corrected chi connectivity index (χ2v) is 5.82. The summed E-state index contributed by atoms with van der Waals surface area (Å²) in [6, 6.07) is 8.71. The van der Waals surface area contributed by atoms with Gasteiger partial charge in [-0.3, -0.25) is 14.2 Å². The van der Waals surface area contributed by atoms with E-state index in [9.17, 15) is 23.2 Å². The van der Waals surface area contributed by atoms with Gasteiger partial charge in [0.1, 0.15) is 18.2 Å². The average molecular weight is 359 g/mol. The highest BCUT2D eigenvalue weighted by atomic mass is 19.1. The molecule has 1 atom stereocenters. The Morgan fingerprint density at radius 2 is 1.92 bits per heavy atom. The molecule has 3 aromatic rings. The second-order valence-electron chi connectivity index (χ2n) is 5.82. The monoisotopic (exact) mass is 359 g/mol. The van der Waals surface area contributed by atoms with Crippen LogP contribution in [0.1, 0.15) is 18.5 Å². The molecule has 0 aliphatic rings. The molecule has 6 nitrogen and oxygen atoms in total. The van der Waals surface area contributed by atoms with Gasteiger partial charge in [0.05, 0.1) is 16.9 Å². The van der Waals surface area contributed by atoms with Crippen molar-refractivity contribution < 1.29 is 13.6 Å². The molecule has 0 aliphatic heterocycles. The Balaban J connectivity index is 1.83. The minimum absolute atomic E-state index is 0.0968. The number of halogens is 2. The number of nitrogens with one attached hydrogen (secondary N) is 2. The van der Waals surface area contributed by atoms with Gasteiger partial charge in [0.2, 0.25) is 5.91 Å². The van der Waals surface area contributed by atoms with Gasteiger partial charge >= 0.3 is 5.69 Å². The Labute approximate surface area is 146 Å². The highest BCUT2D eigenvalue weighted by Gasteiger charge is 2.16. The first-order valence-electron chi connectivity index (χ1n) is 7.83. The van der Waals surface area contributed by atoms with Crippen molar-refractivity contribution >= 4 is 16.8 Å². The molecule has 0 bridgehead atoms. The fraction of sp³-hybridized carbons (Fsp3) is 0.167. The Bertz CT molecular complexity index is 1100. The lowest BCUT2D eigenvalue weighted by molar-refractivity contribution is -0.122. The van der Waals surface area contributed by atoms with Crippen LogP contribution in [0.2, 0.25) is 0 Å². The van der Waals surface area contributed by atoms with Gasteiger partial charge in [-0.15, -0.1) is 0 Å². The molecule has 0 saturated heterocycles. The van der Waals surface area contributed by atoms with E-state index in [1.54, 1.807) is 24.3 Å². The molecule has 0 radical (unpaired) electrons. The Kier molecular flexibility index (Phi) is 4.66. The van der Waals surface area contributed by atoms with E-state index in [2.05, 4.69) is 10.3 Å². The Morgan fingerprint density at radius 1 is 1.19 bits per heavy atom. The van der Waals surface area contributed by atoms with Crippen molar-refractivity contribution in [2.75, 3.05) is 0 Å². The van der Waals surface area contributed by atoms with Gasteiger partial charge < -0.3 is 10.3 Å². The maximum absolute atomic E-state index is 13.8. The third-order valence-corrected chi connectivity index (χ3v) is 4.00. The van der Waals surface area contributed by atoms with Gasteiger partial charge in [-0.25, -0.2) is 13.6 Å². The average Bonchev–Trinajstić information content (AvgIpc) is 2.58. The van der Waals surface area contributed by atoms with Gasteiger partial charge in [-0.2, -0.15) is 0 Å². The molecule has 26 heavy (non-hydrogen) atoms. The largest absolute Gasteiger partial charge is 0.348 e. The van der Waals surface area contributed by atoms with Gasteiger partial charge in [0.25, 0.3) is 5.56 Å². The summed E-state index contributed by atoms with van der Waals surface area (Å²) in [5, 5.41) is 2.77. The lowest BCUT2D eigenvalue weighted by Crippen LogP contribution is -2.41. The summed E-state index contributed by atoms with van der Waals surface area (Å²) >= 11 is 0. The van der Waals surface area contributed by atoms with Crippen LogP contribution in [0.3, 0.4) is 0 Å². The predicted molar refractivity (Wildman–Crippen MR) is 91.7 cm³/mol. The Hall–Kier alpha value is -3.29. The van der Waals surface area contributed by atoms with Crippen LogP contribution in [0.4, 0.5) is 8.78 Å². The van der Waals surface area contributed by atoms with Crippen molar-refractivity contribution in [3.8, 4) is 0 Å². The normalized spacial score (nSPS) is 12.1. The van der Waals surface area contributed by atoms with Crippen molar-refractivity contribution in [1.82, 2.24) is 14.9 Å². The number of carbonyl (C=O) groups excluding carboxylic acids is 1. The number of aromatic amines is 1. The smallest absolute Gasteiger partial charge is 0.329 e. The molecule has 134 valence electrons. The number of nitrogens with zero attached hydrogens (tertiary/aromatic N) is 1. The maximum atomic E-state index is 13.8. The predicted octanol–water partition coefficient (Wildman–Crippen LogP) is 1.85. The van der Waals surface area contributed by atoms with Gasteiger partial charge in [0.15, 0.2) is 0 Å². The van der Waals surface area contributed by atoms with Gasteiger partial charge in [-0.1, -0.05) is 18.2 Å². The lowest BCUT2D eigenvalue weighted by Gasteiger charge is -2.15. The summed E-state index contributed by atoms with van der Waals surface area (Å²) in [6.07, 6.45) is 0. The first kappa shape index (κ1) is 17.5. The zero-order valence-corrected chi connectivity index (χ0v) is 13.8. The molecule has 2 N–H and O–H groups in total. The molecule has 0 aliphatic carbocycles. The zero-order valence-electron chi connectivity index (χ0n) is 13.8. The summed E-state index contributed by atoms with van der Waals surface area (Å²) in [5.74, 6) is -2.17. The molecule has 3 rings (SSSR count). The van der Waals surface area contributed by atoms with Crippen molar-refractivity contribution in [3.63, 3.8) is 0 Å². The molecular weight excluding hydrogens is 344 g/mol. The number of H-pyrrole nitrogens is 1. The molecule has 1 aromatic heterocycles. The number of hydrogen-bond acceptors (Lipinski definition) is 3. The maximum Gasteiger partial charge on any atom is 0.329 e. The minimum atomic E-state index is -0.793. The van der Waals surface area contributed by atoms with E-state index in [1.807, 2.05) is 0 Å². The summed E-state index contributed by atoms with van der Waals surface area (Å²) in [7, 11) is 0. The first-order chi connectivity index (χ1) is 12.4. The summed E-state index contributed by atoms with van der Waals surface area (Å²) in [4.78, 5) is 39.2. The van der Waals surface area contributed by atoms with Crippen LogP contribution in [0.25, 0.3) is 10.9 Å². The molecule has 1 amide bonds. The molecule has 0 spiro atoms. The van der Waals surface area contributed by atoms with Crippen LogP contribution in [-0.4, -0.2) is 15.5 Å². The summed E-state index contributed by atoms with van der Waals surface area (Å²) in [6.45, 7) is 0.994. The van der Waals surface area contributed by atoms with E-state index in [4.69, 9.17) is 0 Å². The van der Waals surface area contributed by atoms with E-state index in [0.29, 0.717) is 5.52 Å². The third kappa shape index (κ3) is 3.39. The topological polar surface area (TPSA) is 84.0 Å². The number of benzene rings is 2. The molecule has 1 unspecified atom stereocenters. The van der Waals surface area contributed by atoms with Crippen molar-refractivity contribution in [2.24, 2.45) is 0 Å². The quantitative estimate of drug-likeness (QED) is 0.746. The summed E-state index contributed by atoms with van der Waals surface area (Å²) in [5.41, 5.74) is -0.843. The van der Waals surface area contributed by atoms with E-state index in [0.717, 1.165) is 16.7 Å². The fourth-order valence-electron chi connectivity index (χ4n) is 2.70. The minimum Gasteiger partial charge on any atom is -0.348 e. The Morgan fingerprint density at radius 3 is 2.65 bits per heavy atom. The van der Waals surface area contributed by atoms with E-state index in [1.165, 1.54) is 13.0 Å². The number of amides is 1. The summed E-state index contributed by atoms with van der Waals surface area (Å²) < 4.78 is 27.5. The number of hydrogen-bond donors (Lipinski definition) is 2. The fourth-order valence-corrected chi connectivity index (χ4v) is 2.70. The zero-order chi connectivity index (χ0) is 18.8. The van der Waals surface area contributed by atoms with Crippen molar-refractivity contribution in [1.29, 1.82) is 0 Å². The lowest BCUT2D eigenvalue weighted by atomic mass is 10.1. The van der Waals surface area contributed by atoms with Crippen LogP contribution in [-0.2, 0) is 11.3 Å². The number of aromatic nitrogens is 2. The number of rotatable bonds is 4. The van der Waals surface area contributed by atoms with Gasteiger partial charge in [0, 0.05) is 11.6 Å². The number of para-hydroxylation sites is 1. The SMILES string of the molecule is CC(NC(=O)Cn1c(=O)[nH]c2ccccc2c1=O)c1ccc(F)cc1F. The van der Waals surface area contributed by atoms with E-state index in [-0.39, 0.29) is 10.9 Å². The van der Waals surface area contributed by atoms with Crippen LogP contribution < -0.4 is 16.6 Å². The van der Waals surface area contributed by atoms with E-state index >= 15 is 0 Å². The van der Waals surface area contributed by atoms with Crippen LogP contribution in [0.5, 0.6) is 0 Å². The highest BCUT2D eigenvalue weighted by Crippen LogP contribution is 2.17. The number of fused-ring (bicyclic) bond motifs is 1. The van der Waals surface area contributed by atoms with E-state index < -0.39 is 41.4 Å². The van der Waals surface area contributed by atoms with Crippen LogP contribution >= 0.6 is 0 Å². The van der Waals surface area contributed by atoms with Crippen molar-refractivity contribution in [2.45, 2.75) is 19.5 Å². The molecule has 8 heteroatoms. The van der Waals surface area contributed by atoms with Gasteiger partial charge in [-0.05, 0) is 25.1 Å². The first-order valence-corrected chi connectivity index (χ1v) is 7.83. The number of carbonyl (C=O) groups is 1. The molecule has 2 aromatic carbocycles. The standard InChI is InChI=1S/C18H15F2N3O3/c1-10(12-7-6-11(19)8-14(12)20)21-16(24)9-23-17(25)13-4-2-3-5-15(13)22-18(23)26/h2-8,10H,9H2,1H3,(H,21,24)(H,22,26).